The Morgan fingerprint density at radius 1 is 1.27 bits per heavy atom. The minimum absolute atomic E-state index is 0.0273. The summed E-state index contributed by atoms with van der Waals surface area (Å²) in [6.45, 7) is 6.73. The molecule has 0 radical (unpaired) electrons. The summed E-state index contributed by atoms with van der Waals surface area (Å²) < 4.78 is 22.7. The second kappa shape index (κ2) is 4.03. The van der Waals surface area contributed by atoms with Crippen LogP contribution in [-0.4, -0.2) is 37.5 Å². The fraction of sp³-hybridized carbons (Fsp3) is 1.00. The van der Waals surface area contributed by atoms with E-state index in [1.165, 1.54) is 0 Å². The summed E-state index contributed by atoms with van der Waals surface area (Å²) in [5.74, 6) is 0.514. The highest BCUT2D eigenvalue weighted by molar-refractivity contribution is 7.91. The van der Waals surface area contributed by atoms with Gasteiger partial charge in [0, 0.05) is 17.6 Å². The Hall–Kier alpha value is -0.130. The standard InChI is InChI=1S/C10H22N2O2S/c1-9(2,3)12-10(8-11)4-6-15(13,14)7-5-10/h12H,4-8,11H2,1-3H3. The number of rotatable bonds is 2. The number of nitrogens with one attached hydrogen (secondary N) is 1. The van der Waals surface area contributed by atoms with Crippen LogP contribution in [0.15, 0.2) is 0 Å². The first-order valence-corrected chi connectivity index (χ1v) is 7.20. The van der Waals surface area contributed by atoms with Crippen molar-refractivity contribution < 1.29 is 8.42 Å². The molecule has 0 spiro atoms. The Morgan fingerprint density at radius 3 is 2.07 bits per heavy atom. The van der Waals surface area contributed by atoms with Crippen molar-refractivity contribution in [1.82, 2.24) is 5.32 Å². The van der Waals surface area contributed by atoms with Gasteiger partial charge in [-0.05, 0) is 33.6 Å². The van der Waals surface area contributed by atoms with Crippen LogP contribution in [0.25, 0.3) is 0 Å². The lowest BCUT2D eigenvalue weighted by molar-refractivity contribution is 0.229. The molecule has 0 bridgehead atoms. The first kappa shape index (κ1) is 12.9. The zero-order valence-corrected chi connectivity index (χ0v) is 10.7. The van der Waals surface area contributed by atoms with E-state index >= 15 is 0 Å². The molecule has 0 aromatic heterocycles. The van der Waals surface area contributed by atoms with E-state index in [0.717, 1.165) is 0 Å². The van der Waals surface area contributed by atoms with Crippen LogP contribution in [0.3, 0.4) is 0 Å². The van der Waals surface area contributed by atoms with Gasteiger partial charge in [-0.2, -0.15) is 0 Å². The summed E-state index contributed by atoms with van der Waals surface area (Å²) >= 11 is 0. The normalized spacial score (nSPS) is 25.1. The van der Waals surface area contributed by atoms with E-state index in [9.17, 15) is 8.42 Å². The van der Waals surface area contributed by atoms with Crippen LogP contribution in [0.2, 0.25) is 0 Å². The molecule has 1 aliphatic rings. The molecule has 1 fully saturated rings. The maximum absolute atomic E-state index is 11.4. The van der Waals surface area contributed by atoms with Crippen LogP contribution in [0.5, 0.6) is 0 Å². The van der Waals surface area contributed by atoms with Crippen LogP contribution < -0.4 is 11.1 Å². The van der Waals surface area contributed by atoms with Crippen molar-refractivity contribution in [3.8, 4) is 0 Å². The molecule has 1 heterocycles. The van der Waals surface area contributed by atoms with Gasteiger partial charge in [-0.25, -0.2) is 8.42 Å². The van der Waals surface area contributed by atoms with E-state index in [4.69, 9.17) is 5.73 Å². The number of hydrogen-bond donors (Lipinski definition) is 2. The quantitative estimate of drug-likeness (QED) is 0.720. The maximum Gasteiger partial charge on any atom is 0.150 e. The number of sulfone groups is 1. The second-order valence-corrected chi connectivity index (χ2v) is 7.81. The molecule has 0 aliphatic carbocycles. The van der Waals surface area contributed by atoms with Crippen molar-refractivity contribution in [2.24, 2.45) is 5.73 Å². The topological polar surface area (TPSA) is 72.2 Å². The largest absolute Gasteiger partial charge is 0.329 e. The third-order valence-corrected chi connectivity index (χ3v) is 4.47. The van der Waals surface area contributed by atoms with Crippen molar-refractivity contribution in [3.63, 3.8) is 0 Å². The summed E-state index contributed by atoms with van der Waals surface area (Å²) in [7, 11) is -2.82. The summed E-state index contributed by atoms with van der Waals surface area (Å²) in [5, 5.41) is 3.47. The molecule has 0 aromatic carbocycles. The Bertz CT molecular complexity index is 303. The van der Waals surface area contributed by atoms with Gasteiger partial charge in [0.15, 0.2) is 0 Å². The fourth-order valence-electron chi connectivity index (χ4n) is 2.10. The molecule has 0 unspecified atom stereocenters. The summed E-state index contributed by atoms with van der Waals surface area (Å²) in [6.07, 6.45) is 1.26. The molecule has 1 aliphatic heterocycles. The molecule has 0 atom stereocenters. The van der Waals surface area contributed by atoms with Gasteiger partial charge in [-0.3, -0.25) is 0 Å². The van der Waals surface area contributed by atoms with Crippen LogP contribution >= 0.6 is 0 Å². The van der Waals surface area contributed by atoms with Gasteiger partial charge in [-0.1, -0.05) is 0 Å². The van der Waals surface area contributed by atoms with E-state index < -0.39 is 9.84 Å². The van der Waals surface area contributed by atoms with Gasteiger partial charge in [0.25, 0.3) is 0 Å². The van der Waals surface area contributed by atoms with Gasteiger partial charge in [-0.15, -0.1) is 0 Å². The lowest BCUT2D eigenvalue weighted by atomic mass is 9.89. The zero-order valence-electron chi connectivity index (χ0n) is 9.84. The fourth-order valence-corrected chi connectivity index (χ4v) is 3.71. The molecule has 5 heteroatoms. The SMILES string of the molecule is CC(C)(C)NC1(CN)CCS(=O)(=O)CC1. The van der Waals surface area contributed by atoms with Crippen molar-refractivity contribution in [2.75, 3.05) is 18.1 Å². The molecular formula is C10H22N2O2S. The lowest BCUT2D eigenvalue weighted by Gasteiger charge is -2.42. The first-order chi connectivity index (χ1) is 6.68. The third kappa shape index (κ3) is 3.74. The highest BCUT2D eigenvalue weighted by Crippen LogP contribution is 2.25. The third-order valence-electron chi connectivity index (χ3n) is 2.81. The average Bonchev–Trinajstić information content (AvgIpc) is 2.07. The molecule has 3 N–H and O–H groups in total. The zero-order chi connectivity index (χ0) is 11.7. The summed E-state index contributed by atoms with van der Waals surface area (Å²) in [4.78, 5) is 0. The summed E-state index contributed by atoms with van der Waals surface area (Å²) in [6, 6.07) is 0. The smallest absolute Gasteiger partial charge is 0.150 e. The van der Waals surface area contributed by atoms with Crippen LogP contribution in [0.4, 0.5) is 0 Å². The molecule has 1 rings (SSSR count). The predicted octanol–water partition coefficient (Wildman–Crippen LogP) is 0.281. The molecule has 0 aromatic rings. The van der Waals surface area contributed by atoms with Crippen molar-refractivity contribution in [3.05, 3.63) is 0 Å². The maximum atomic E-state index is 11.4. The van der Waals surface area contributed by atoms with E-state index in [1.54, 1.807) is 0 Å². The van der Waals surface area contributed by atoms with Crippen LogP contribution in [0.1, 0.15) is 33.6 Å². The molecule has 0 amide bonds. The van der Waals surface area contributed by atoms with E-state index in [-0.39, 0.29) is 22.6 Å². The highest BCUT2D eigenvalue weighted by atomic mass is 32.2. The van der Waals surface area contributed by atoms with E-state index in [0.29, 0.717) is 19.4 Å². The van der Waals surface area contributed by atoms with Gasteiger partial charge < -0.3 is 11.1 Å². The van der Waals surface area contributed by atoms with Crippen molar-refractivity contribution in [2.45, 2.75) is 44.7 Å². The predicted molar refractivity (Wildman–Crippen MR) is 62.6 cm³/mol. The minimum atomic E-state index is -2.82. The Balaban J connectivity index is 2.73. The highest BCUT2D eigenvalue weighted by Gasteiger charge is 2.38. The average molecular weight is 234 g/mol. The Morgan fingerprint density at radius 2 is 1.73 bits per heavy atom. The second-order valence-electron chi connectivity index (χ2n) is 5.51. The summed E-state index contributed by atoms with van der Waals surface area (Å²) in [5.41, 5.74) is 5.56. The minimum Gasteiger partial charge on any atom is -0.329 e. The van der Waals surface area contributed by atoms with Crippen LogP contribution in [-0.2, 0) is 9.84 Å². The Kier molecular flexibility index (Phi) is 3.48. The van der Waals surface area contributed by atoms with Crippen molar-refractivity contribution in [1.29, 1.82) is 0 Å². The monoisotopic (exact) mass is 234 g/mol. The molecule has 15 heavy (non-hydrogen) atoms. The Labute approximate surface area is 92.5 Å². The van der Waals surface area contributed by atoms with Gasteiger partial charge in [0.2, 0.25) is 0 Å². The first-order valence-electron chi connectivity index (χ1n) is 5.38. The molecule has 4 nitrogen and oxygen atoms in total. The molecule has 90 valence electrons. The van der Waals surface area contributed by atoms with Gasteiger partial charge in [0.05, 0.1) is 11.5 Å². The van der Waals surface area contributed by atoms with Gasteiger partial charge in [0.1, 0.15) is 9.84 Å². The lowest BCUT2D eigenvalue weighted by Crippen LogP contribution is -2.61. The molecular weight excluding hydrogens is 212 g/mol. The van der Waals surface area contributed by atoms with Gasteiger partial charge >= 0.3 is 0 Å². The number of hydrogen-bond acceptors (Lipinski definition) is 4. The number of nitrogens with two attached hydrogens (primary N) is 1. The molecule has 0 saturated carbocycles. The molecule has 1 saturated heterocycles. The van der Waals surface area contributed by atoms with Crippen molar-refractivity contribution >= 4 is 9.84 Å². The van der Waals surface area contributed by atoms with Crippen LogP contribution in [0, 0.1) is 0 Å². The van der Waals surface area contributed by atoms with E-state index in [2.05, 4.69) is 26.1 Å². The van der Waals surface area contributed by atoms with E-state index in [1.807, 2.05) is 0 Å².